The van der Waals surface area contributed by atoms with E-state index in [0.717, 1.165) is 44.6 Å². The van der Waals surface area contributed by atoms with Crippen LogP contribution < -0.4 is 0 Å². The van der Waals surface area contributed by atoms with Gasteiger partial charge in [0.15, 0.2) is 0 Å². The molecule has 0 aliphatic carbocycles. The Bertz CT molecular complexity index is 2000. The smallest absolute Gasteiger partial charge is 0.121 e. The summed E-state index contributed by atoms with van der Waals surface area (Å²) in [5.74, 6) is 0. The fourth-order valence-electron chi connectivity index (χ4n) is 4.93. The molecule has 3 nitrogen and oxygen atoms in total. The Morgan fingerprint density at radius 1 is 0.732 bits per heavy atom. The molecule has 0 aliphatic rings. The van der Waals surface area contributed by atoms with Crippen molar-refractivity contribution in [3.63, 3.8) is 0 Å². The van der Waals surface area contributed by atoms with Gasteiger partial charge in [-0.05, 0) is 74.8 Å². The van der Waals surface area contributed by atoms with Crippen LogP contribution in [0.2, 0.25) is 0 Å². The van der Waals surface area contributed by atoms with Crippen molar-refractivity contribution >= 4 is 43.4 Å². The first kappa shape index (κ1) is 28.9. The van der Waals surface area contributed by atoms with Gasteiger partial charge in [-0.2, -0.15) is 0 Å². The van der Waals surface area contributed by atoms with Crippen molar-refractivity contribution in [1.82, 2.24) is 9.97 Å². The van der Waals surface area contributed by atoms with Crippen LogP contribution in [0.1, 0.15) is 32.7 Å². The van der Waals surface area contributed by atoms with Gasteiger partial charge in [0, 0.05) is 52.8 Å². The number of hydrogen-bond acceptors (Lipinski definition) is 4. The Kier molecular flexibility index (Phi) is 8.24. The molecule has 5 heteroatoms. The standard InChI is InChI=1S/C22H16NOS.C14H14N.Ir/c1-12-7-8-17(23-11-12)15-5-4-6-16-21-18(24-22(15)16)9-10-19-20(21)13(2)14(3)25-19;1-10-4-6-13(7-5-10)14-8-11(2)12(3)9-15-14;/h4,6-11H,1-3H3;4-6,8-9H,1-3H3;/q2*-1;. The van der Waals surface area contributed by atoms with Gasteiger partial charge in [-0.3, -0.25) is 0 Å². The Morgan fingerprint density at radius 2 is 1.51 bits per heavy atom. The molecule has 0 aliphatic heterocycles. The summed E-state index contributed by atoms with van der Waals surface area (Å²) in [6.45, 7) is 12.7. The van der Waals surface area contributed by atoms with Crippen molar-refractivity contribution in [2.24, 2.45) is 0 Å². The second kappa shape index (κ2) is 11.7. The quantitative estimate of drug-likeness (QED) is 0.166. The topological polar surface area (TPSA) is 38.9 Å². The van der Waals surface area contributed by atoms with E-state index in [2.05, 4.69) is 99.2 Å². The van der Waals surface area contributed by atoms with E-state index in [4.69, 9.17) is 4.42 Å². The molecule has 207 valence electrons. The van der Waals surface area contributed by atoms with Gasteiger partial charge in [0.05, 0.1) is 5.58 Å². The maximum atomic E-state index is 6.27. The molecule has 7 rings (SSSR count). The average Bonchev–Trinajstić information content (AvgIpc) is 3.48. The van der Waals surface area contributed by atoms with Crippen molar-refractivity contribution in [3.8, 4) is 22.5 Å². The fourth-order valence-corrected chi connectivity index (χ4v) is 6.01. The van der Waals surface area contributed by atoms with E-state index in [9.17, 15) is 0 Å². The van der Waals surface area contributed by atoms with Crippen LogP contribution >= 0.6 is 11.3 Å². The van der Waals surface area contributed by atoms with Crippen LogP contribution in [0.25, 0.3) is 54.5 Å². The maximum absolute atomic E-state index is 6.27. The molecule has 0 saturated heterocycles. The molecule has 0 spiro atoms. The van der Waals surface area contributed by atoms with Crippen LogP contribution in [0.4, 0.5) is 0 Å². The Balaban J connectivity index is 0.000000182. The van der Waals surface area contributed by atoms with E-state index < -0.39 is 0 Å². The third-order valence-corrected chi connectivity index (χ3v) is 8.68. The van der Waals surface area contributed by atoms with Crippen LogP contribution in [0, 0.1) is 53.7 Å². The second-order valence-corrected chi connectivity index (χ2v) is 11.7. The summed E-state index contributed by atoms with van der Waals surface area (Å²) in [7, 11) is 0. The van der Waals surface area contributed by atoms with Gasteiger partial charge in [0.2, 0.25) is 0 Å². The zero-order valence-electron chi connectivity index (χ0n) is 24.0. The van der Waals surface area contributed by atoms with E-state index in [1.807, 2.05) is 48.9 Å². The molecule has 0 bridgehead atoms. The molecule has 41 heavy (non-hydrogen) atoms. The number of fused-ring (bicyclic) bond motifs is 5. The molecular formula is C36H30IrN2OS-2. The molecule has 3 aromatic carbocycles. The first-order valence-corrected chi connectivity index (χ1v) is 14.2. The van der Waals surface area contributed by atoms with Crippen molar-refractivity contribution in [3.05, 3.63) is 118 Å². The summed E-state index contributed by atoms with van der Waals surface area (Å²) in [6, 6.07) is 27.2. The van der Waals surface area contributed by atoms with Crippen LogP contribution in [-0.2, 0) is 20.1 Å². The minimum atomic E-state index is 0. The summed E-state index contributed by atoms with van der Waals surface area (Å²) in [5.41, 5.74) is 11.9. The molecule has 0 unspecified atom stereocenters. The SMILES string of the molecule is Cc1c[c-]c(-c2cc(C)c(C)cn2)cc1.Cc1ccc(-c2[c-]ccc3c2oc2ccc4sc(C)c(C)c4c23)nc1.[Ir]. The summed E-state index contributed by atoms with van der Waals surface area (Å²) in [6.07, 6.45) is 3.80. The first-order chi connectivity index (χ1) is 19.3. The van der Waals surface area contributed by atoms with E-state index in [1.54, 1.807) is 0 Å². The minimum absolute atomic E-state index is 0. The molecule has 0 fully saturated rings. The van der Waals surface area contributed by atoms with Gasteiger partial charge in [-0.1, -0.05) is 41.6 Å². The fraction of sp³-hybridized carbons (Fsp3) is 0.167. The molecule has 0 saturated carbocycles. The Hall–Kier alpha value is -3.63. The molecule has 7 aromatic rings. The molecule has 4 aromatic heterocycles. The molecule has 0 atom stereocenters. The van der Waals surface area contributed by atoms with Gasteiger partial charge < -0.3 is 14.4 Å². The van der Waals surface area contributed by atoms with E-state index in [-0.39, 0.29) is 20.1 Å². The number of furan rings is 1. The third kappa shape index (κ3) is 5.50. The number of nitrogens with zero attached hydrogens (tertiary/aromatic N) is 2. The van der Waals surface area contributed by atoms with Gasteiger partial charge in [-0.15, -0.1) is 64.9 Å². The first-order valence-electron chi connectivity index (χ1n) is 13.4. The number of benzene rings is 3. The number of aromatic nitrogens is 2. The van der Waals surface area contributed by atoms with Gasteiger partial charge in [0.25, 0.3) is 0 Å². The monoisotopic (exact) mass is 731 g/mol. The van der Waals surface area contributed by atoms with E-state index >= 15 is 0 Å². The van der Waals surface area contributed by atoms with E-state index in [0.29, 0.717) is 0 Å². The average molecular weight is 731 g/mol. The van der Waals surface area contributed by atoms with Gasteiger partial charge in [0.1, 0.15) is 5.58 Å². The largest absolute Gasteiger partial charge is 0.501 e. The predicted molar refractivity (Wildman–Crippen MR) is 168 cm³/mol. The van der Waals surface area contributed by atoms with Crippen molar-refractivity contribution in [2.75, 3.05) is 0 Å². The zero-order chi connectivity index (χ0) is 28.0. The molecular weight excluding hydrogens is 701 g/mol. The third-order valence-electron chi connectivity index (χ3n) is 7.51. The minimum Gasteiger partial charge on any atom is -0.501 e. The van der Waals surface area contributed by atoms with Crippen molar-refractivity contribution in [2.45, 2.75) is 41.5 Å². The number of rotatable bonds is 2. The predicted octanol–water partition coefficient (Wildman–Crippen LogP) is 10.1. The summed E-state index contributed by atoms with van der Waals surface area (Å²) < 4.78 is 7.59. The number of aryl methyl sites for hydroxylation is 6. The summed E-state index contributed by atoms with van der Waals surface area (Å²) in [4.78, 5) is 10.3. The van der Waals surface area contributed by atoms with Crippen LogP contribution in [0.15, 0.2) is 77.5 Å². The summed E-state index contributed by atoms with van der Waals surface area (Å²) >= 11 is 1.85. The number of pyridine rings is 2. The number of thiophene rings is 1. The molecule has 1 radical (unpaired) electrons. The number of hydrogen-bond donors (Lipinski definition) is 0. The van der Waals surface area contributed by atoms with E-state index in [1.165, 1.54) is 42.6 Å². The molecule has 0 N–H and O–H groups in total. The van der Waals surface area contributed by atoms with Gasteiger partial charge in [-0.25, -0.2) is 0 Å². The Morgan fingerprint density at radius 3 is 2.22 bits per heavy atom. The maximum Gasteiger partial charge on any atom is 0.121 e. The van der Waals surface area contributed by atoms with Crippen LogP contribution in [0.3, 0.4) is 0 Å². The van der Waals surface area contributed by atoms with Crippen molar-refractivity contribution < 1.29 is 24.5 Å². The Labute approximate surface area is 258 Å². The molecule has 4 heterocycles. The van der Waals surface area contributed by atoms with Crippen LogP contribution in [-0.4, -0.2) is 9.97 Å². The normalized spacial score (nSPS) is 11.0. The second-order valence-electron chi connectivity index (χ2n) is 10.4. The van der Waals surface area contributed by atoms with Crippen LogP contribution in [0.5, 0.6) is 0 Å². The summed E-state index contributed by atoms with van der Waals surface area (Å²) in [5, 5.41) is 3.65. The van der Waals surface area contributed by atoms with Gasteiger partial charge >= 0.3 is 0 Å². The zero-order valence-corrected chi connectivity index (χ0v) is 27.2. The van der Waals surface area contributed by atoms with Crippen molar-refractivity contribution in [1.29, 1.82) is 0 Å². The molecule has 0 amide bonds.